The van der Waals surface area contributed by atoms with Crippen molar-refractivity contribution in [2.24, 2.45) is 0 Å². The molecule has 0 spiro atoms. The normalized spacial score (nSPS) is 18.4. The second kappa shape index (κ2) is 8.02. The van der Waals surface area contributed by atoms with Gasteiger partial charge in [-0.1, -0.05) is 23.8 Å². The lowest BCUT2D eigenvalue weighted by molar-refractivity contribution is -0.135. The maximum Gasteiger partial charge on any atom is 0.261 e. The van der Waals surface area contributed by atoms with Crippen molar-refractivity contribution in [1.29, 1.82) is 0 Å². The summed E-state index contributed by atoms with van der Waals surface area (Å²) >= 11 is 1.56. The van der Waals surface area contributed by atoms with Crippen LogP contribution < -0.4 is 4.74 Å². The van der Waals surface area contributed by atoms with Crippen molar-refractivity contribution in [3.05, 3.63) is 51.2 Å². The minimum Gasteiger partial charge on any atom is -0.483 e. The van der Waals surface area contributed by atoms with Crippen molar-refractivity contribution >= 4 is 27.1 Å². The number of carbonyl (C=O) groups is 1. The molecule has 2 aromatic rings. The van der Waals surface area contributed by atoms with Crippen molar-refractivity contribution < 1.29 is 17.9 Å². The third kappa shape index (κ3) is 4.90. The van der Waals surface area contributed by atoms with E-state index < -0.39 is 9.84 Å². The van der Waals surface area contributed by atoms with Gasteiger partial charge in [0.15, 0.2) is 16.4 Å². The first-order valence-electron chi connectivity index (χ1n) is 8.98. The van der Waals surface area contributed by atoms with Gasteiger partial charge in [0.2, 0.25) is 0 Å². The molecule has 5 nitrogen and oxygen atoms in total. The van der Waals surface area contributed by atoms with Crippen LogP contribution in [0.1, 0.15) is 28.0 Å². The molecule has 0 aliphatic carbocycles. The van der Waals surface area contributed by atoms with Crippen molar-refractivity contribution in [3.8, 4) is 5.75 Å². The van der Waals surface area contributed by atoms with Crippen molar-refractivity contribution in [3.63, 3.8) is 0 Å². The van der Waals surface area contributed by atoms with Gasteiger partial charge in [-0.05, 0) is 49.8 Å². The molecule has 1 aliphatic rings. The number of nitrogens with zero attached hydrogens (tertiary/aromatic N) is 1. The van der Waals surface area contributed by atoms with Crippen LogP contribution in [-0.2, 0) is 21.2 Å². The Morgan fingerprint density at radius 2 is 1.96 bits per heavy atom. The molecule has 2 heterocycles. The number of rotatable bonds is 6. The molecule has 1 atom stereocenters. The van der Waals surface area contributed by atoms with Crippen LogP contribution in [0, 0.1) is 20.8 Å². The summed E-state index contributed by atoms with van der Waals surface area (Å²) < 4.78 is 29.7. The lowest BCUT2D eigenvalue weighted by Crippen LogP contribution is -2.43. The first kappa shape index (κ1) is 19.9. The van der Waals surface area contributed by atoms with Crippen LogP contribution >= 0.6 is 11.3 Å². The lowest BCUT2D eigenvalue weighted by Gasteiger charge is -2.28. The van der Waals surface area contributed by atoms with Gasteiger partial charge in [-0.2, -0.15) is 0 Å². The summed E-state index contributed by atoms with van der Waals surface area (Å²) in [5.74, 6) is 0.726. The lowest BCUT2D eigenvalue weighted by atomic mass is 10.1. The maximum absolute atomic E-state index is 12.9. The Kier molecular flexibility index (Phi) is 5.91. The highest BCUT2D eigenvalue weighted by Crippen LogP contribution is 2.26. The highest BCUT2D eigenvalue weighted by molar-refractivity contribution is 7.91. The van der Waals surface area contributed by atoms with Gasteiger partial charge in [0.1, 0.15) is 5.75 Å². The van der Waals surface area contributed by atoms with Crippen LogP contribution in [0.5, 0.6) is 5.75 Å². The standard InChI is InChI=1S/C20H25NO4S2/c1-14-9-15(2)20(16(3)10-14)25-12-19(22)21(11-18-5-4-7-26-18)17-6-8-27(23,24)13-17/h4-5,7,9-10,17H,6,8,11-13H2,1-3H3/t17-/m1/s1. The predicted molar refractivity (Wildman–Crippen MR) is 108 cm³/mol. The highest BCUT2D eigenvalue weighted by atomic mass is 32.2. The molecule has 1 amide bonds. The fourth-order valence-electron chi connectivity index (χ4n) is 3.62. The number of thiophene rings is 1. The molecular formula is C20H25NO4S2. The molecule has 1 fully saturated rings. The van der Waals surface area contributed by atoms with Crippen molar-refractivity contribution in [1.82, 2.24) is 4.90 Å². The van der Waals surface area contributed by atoms with Crippen LogP contribution in [-0.4, -0.2) is 43.4 Å². The Bertz CT molecular complexity index is 896. The monoisotopic (exact) mass is 407 g/mol. The van der Waals surface area contributed by atoms with Gasteiger partial charge >= 0.3 is 0 Å². The first-order chi connectivity index (χ1) is 12.7. The Balaban J connectivity index is 1.75. The number of hydrogen-bond donors (Lipinski definition) is 0. The van der Waals surface area contributed by atoms with Crippen molar-refractivity contribution in [2.75, 3.05) is 18.1 Å². The smallest absolute Gasteiger partial charge is 0.261 e. The number of hydrogen-bond acceptors (Lipinski definition) is 5. The quantitative estimate of drug-likeness (QED) is 0.737. The van der Waals surface area contributed by atoms with E-state index >= 15 is 0 Å². The topological polar surface area (TPSA) is 63.7 Å². The number of benzene rings is 1. The number of ether oxygens (including phenoxy) is 1. The van der Waals surface area contributed by atoms with E-state index in [9.17, 15) is 13.2 Å². The molecule has 1 aromatic carbocycles. The molecule has 0 saturated carbocycles. The largest absolute Gasteiger partial charge is 0.483 e. The molecule has 146 valence electrons. The summed E-state index contributed by atoms with van der Waals surface area (Å²) in [6.07, 6.45) is 0.488. The Morgan fingerprint density at radius 3 is 2.52 bits per heavy atom. The molecule has 0 bridgehead atoms. The van der Waals surface area contributed by atoms with Gasteiger partial charge in [0.25, 0.3) is 5.91 Å². The zero-order valence-electron chi connectivity index (χ0n) is 15.9. The minimum absolute atomic E-state index is 0.0344. The molecule has 3 rings (SSSR count). The van der Waals surface area contributed by atoms with Gasteiger partial charge in [-0.25, -0.2) is 8.42 Å². The molecule has 1 aromatic heterocycles. The number of carbonyl (C=O) groups excluding carboxylic acids is 1. The van der Waals surface area contributed by atoms with E-state index in [1.807, 2.05) is 50.4 Å². The fraction of sp³-hybridized carbons (Fsp3) is 0.450. The summed E-state index contributed by atoms with van der Waals surface area (Å²) in [4.78, 5) is 15.7. The zero-order chi connectivity index (χ0) is 19.6. The van der Waals surface area contributed by atoms with Gasteiger partial charge in [-0.3, -0.25) is 4.79 Å². The third-order valence-corrected chi connectivity index (χ3v) is 7.43. The predicted octanol–water partition coefficient (Wildman–Crippen LogP) is 3.27. The van der Waals surface area contributed by atoms with Crippen LogP contribution in [0.2, 0.25) is 0 Å². The van der Waals surface area contributed by atoms with E-state index in [0.717, 1.165) is 27.3 Å². The molecule has 0 N–H and O–H groups in total. The number of sulfone groups is 1. The molecule has 0 unspecified atom stereocenters. The third-order valence-electron chi connectivity index (χ3n) is 4.82. The van der Waals surface area contributed by atoms with Gasteiger partial charge in [0.05, 0.1) is 18.1 Å². The summed E-state index contributed by atoms with van der Waals surface area (Å²) in [5, 5.41) is 1.96. The number of aryl methyl sites for hydroxylation is 3. The molecule has 27 heavy (non-hydrogen) atoms. The van der Waals surface area contributed by atoms with Crippen LogP contribution in [0.3, 0.4) is 0 Å². The second-order valence-corrected chi connectivity index (χ2v) is 10.4. The average molecular weight is 408 g/mol. The maximum atomic E-state index is 12.9. The minimum atomic E-state index is -3.07. The van der Waals surface area contributed by atoms with Crippen LogP contribution in [0.25, 0.3) is 0 Å². The summed E-state index contributed by atoms with van der Waals surface area (Å²) in [6.45, 7) is 6.29. The van der Waals surface area contributed by atoms with Crippen LogP contribution in [0.15, 0.2) is 29.6 Å². The van der Waals surface area contributed by atoms with E-state index in [2.05, 4.69) is 0 Å². The molecule has 1 aliphatic heterocycles. The molecule has 1 saturated heterocycles. The summed E-state index contributed by atoms with van der Waals surface area (Å²) in [7, 11) is -3.07. The van der Waals surface area contributed by atoms with E-state index in [0.29, 0.717) is 13.0 Å². The second-order valence-electron chi connectivity index (χ2n) is 7.17. The van der Waals surface area contributed by atoms with E-state index in [-0.39, 0.29) is 30.1 Å². The average Bonchev–Trinajstić information content (AvgIpc) is 3.20. The summed E-state index contributed by atoms with van der Waals surface area (Å²) in [5.41, 5.74) is 3.14. The summed E-state index contributed by atoms with van der Waals surface area (Å²) in [6, 6.07) is 7.67. The van der Waals surface area contributed by atoms with Crippen LogP contribution in [0.4, 0.5) is 0 Å². The molecule has 7 heteroatoms. The zero-order valence-corrected chi connectivity index (χ0v) is 17.5. The van der Waals surface area contributed by atoms with Gasteiger partial charge in [0, 0.05) is 10.9 Å². The van der Waals surface area contributed by atoms with Gasteiger partial charge in [-0.15, -0.1) is 11.3 Å². The first-order valence-corrected chi connectivity index (χ1v) is 11.7. The van der Waals surface area contributed by atoms with Gasteiger partial charge < -0.3 is 9.64 Å². The van der Waals surface area contributed by atoms with E-state index in [1.165, 1.54) is 0 Å². The SMILES string of the molecule is Cc1cc(C)c(OCC(=O)N(Cc2cccs2)[C@@H]2CCS(=O)(=O)C2)c(C)c1. The molecule has 0 radical (unpaired) electrons. The van der Waals surface area contributed by atoms with E-state index in [1.54, 1.807) is 16.2 Å². The van der Waals surface area contributed by atoms with Crippen molar-refractivity contribution in [2.45, 2.75) is 39.8 Å². The van der Waals surface area contributed by atoms with E-state index in [4.69, 9.17) is 4.74 Å². The molecular weight excluding hydrogens is 382 g/mol. The number of amides is 1. The Labute approximate surface area is 164 Å². The fourth-order valence-corrected chi connectivity index (χ4v) is 6.06. The Morgan fingerprint density at radius 1 is 1.26 bits per heavy atom. The Hall–Kier alpha value is -1.86. The highest BCUT2D eigenvalue weighted by Gasteiger charge is 2.35.